The zero-order valence-corrected chi connectivity index (χ0v) is 19.7. The number of nitrogens with zero attached hydrogens (tertiary/aromatic N) is 2. The Hall–Kier alpha value is -1.83. The fourth-order valence-electron chi connectivity index (χ4n) is 3.43. The molecule has 2 aliphatic heterocycles. The van der Waals surface area contributed by atoms with Crippen LogP contribution in [0.25, 0.3) is 0 Å². The summed E-state index contributed by atoms with van der Waals surface area (Å²) in [6.07, 6.45) is 0.834. The summed E-state index contributed by atoms with van der Waals surface area (Å²) in [7, 11) is -0.913. The first-order chi connectivity index (χ1) is 13.5. The number of carbonyl (C=O) groups excluding carboxylic acids is 2. The van der Waals surface area contributed by atoms with E-state index in [0.717, 1.165) is 5.56 Å². The monoisotopic (exact) mass is 436 g/mol. The number of hydrogen-bond donors (Lipinski definition) is 0. The van der Waals surface area contributed by atoms with Crippen molar-refractivity contribution in [2.45, 2.75) is 57.8 Å². The third kappa shape index (κ3) is 4.08. The first-order valence-corrected chi connectivity index (χ1v) is 13.1. The summed E-state index contributed by atoms with van der Waals surface area (Å²) in [6, 6.07) is 7.48. The standard InChI is InChI=1S/C21H29ClN2O4Si/c1-21(2,3)29(5,6)28-17-13-16(14-7-9-15(22)10-8-14)23-12-11-18(25)24(23)19(17)20(26)27-4/h7-10,16H,11-13H2,1-6H3. The molecule has 2 heterocycles. The van der Waals surface area contributed by atoms with Gasteiger partial charge in [0.2, 0.25) is 14.2 Å². The van der Waals surface area contributed by atoms with Crippen molar-refractivity contribution in [3.05, 3.63) is 46.3 Å². The van der Waals surface area contributed by atoms with E-state index in [2.05, 4.69) is 33.9 Å². The molecule has 1 saturated heterocycles. The van der Waals surface area contributed by atoms with Gasteiger partial charge in [0, 0.05) is 24.4 Å². The van der Waals surface area contributed by atoms with Gasteiger partial charge in [0.25, 0.3) is 0 Å². The van der Waals surface area contributed by atoms with Gasteiger partial charge in [-0.05, 0) is 35.8 Å². The molecule has 1 amide bonds. The largest absolute Gasteiger partial charge is 0.545 e. The van der Waals surface area contributed by atoms with Crippen LogP contribution in [0.4, 0.5) is 0 Å². The van der Waals surface area contributed by atoms with Gasteiger partial charge in [-0.1, -0.05) is 44.5 Å². The number of methoxy groups -OCH3 is 1. The summed E-state index contributed by atoms with van der Waals surface area (Å²) in [5.74, 6) is -0.135. The molecular formula is C21H29ClN2O4Si. The molecule has 1 aromatic rings. The Labute approximate surface area is 178 Å². The van der Waals surface area contributed by atoms with Crippen LogP contribution in [0.2, 0.25) is 23.2 Å². The number of rotatable bonds is 4. The Kier molecular flexibility index (Phi) is 5.86. The molecule has 1 atom stereocenters. The summed E-state index contributed by atoms with van der Waals surface area (Å²) in [5, 5.41) is 4.01. The van der Waals surface area contributed by atoms with Crippen molar-refractivity contribution in [2.24, 2.45) is 0 Å². The molecule has 1 unspecified atom stereocenters. The minimum Gasteiger partial charge on any atom is -0.545 e. The van der Waals surface area contributed by atoms with E-state index < -0.39 is 14.3 Å². The van der Waals surface area contributed by atoms with E-state index in [0.29, 0.717) is 30.2 Å². The van der Waals surface area contributed by atoms with Crippen molar-refractivity contribution in [1.82, 2.24) is 10.0 Å². The lowest BCUT2D eigenvalue weighted by molar-refractivity contribution is -0.151. The molecule has 29 heavy (non-hydrogen) atoms. The molecule has 0 radical (unpaired) electrons. The van der Waals surface area contributed by atoms with Gasteiger partial charge in [0.1, 0.15) is 5.76 Å². The van der Waals surface area contributed by atoms with Crippen LogP contribution >= 0.6 is 11.6 Å². The smallest absolute Gasteiger partial charge is 0.359 e. The zero-order chi connectivity index (χ0) is 21.6. The molecule has 6 nitrogen and oxygen atoms in total. The maximum Gasteiger partial charge on any atom is 0.359 e. The third-order valence-corrected chi connectivity index (χ3v) is 10.7. The SMILES string of the molecule is COC(=O)C1=C(O[Si](C)(C)C(C)(C)C)CC(c2ccc(Cl)cc2)N2CCC(=O)N12. The summed E-state index contributed by atoms with van der Waals surface area (Å²) < 4.78 is 11.6. The summed E-state index contributed by atoms with van der Waals surface area (Å²) in [6.45, 7) is 11.2. The summed E-state index contributed by atoms with van der Waals surface area (Å²) in [5.41, 5.74) is 1.24. The Morgan fingerprint density at radius 3 is 2.38 bits per heavy atom. The van der Waals surface area contributed by atoms with Crippen LogP contribution in [-0.4, -0.2) is 43.9 Å². The second-order valence-corrected chi connectivity index (χ2v) is 14.2. The van der Waals surface area contributed by atoms with Crippen LogP contribution in [0, 0.1) is 0 Å². The molecule has 0 aliphatic carbocycles. The third-order valence-electron chi connectivity index (χ3n) is 6.08. The van der Waals surface area contributed by atoms with E-state index in [9.17, 15) is 9.59 Å². The molecule has 0 saturated carbocycles. The Morgan fingerprint density at radius 1 is 1.21 bits per heavy atom. The van der Waals surface area contributed by atoms with E-state index in [1.165, 1.54) is 12.1 Å². The van der Waals surface area contributed by atoms with Crippen molar-refractivity contribution >= 4 is 31.8 Å². The average molecular weight is 437 g/mol. The van der Waals surface area contributed by atoms with Crippen molar-refractivity contribution < 1.29 is 18.8 Å². The van der Waals surface area contributed by atoms with Gasteiger partial charge < -0.3 is 9.16 Å². The van der Waals surface area contributed by atoms with E-state index in [1.807, 2.05) is 29.3 Å². The van der Waals surface area contributed by atoms with Gasteiger partial charge in [-0.25, -0.2) is 14.8 Å². The molecule has 0 N–H and O–H groups in total. The number of esters is 1. The fourth-order valence-corrected chi connectivity index (χ4v) is 4.65. The number of ether oxygens (including phenoxy) is 1. The normalized spacial score (nSPS) is 20.7. The van der Waals surface area contributed by atoms with E-state index in [-0.39, 0.29) is 22.7 Å². The second-order valence-electron chi connectivity index (χ2n) is 9.02. The second kappa shape index (κ2) is 7.78. The number of hydrogen-bond acceptors (Lipinski definition) is 5. The molecule has 0 aromatic heterocycles. The van der Waals surface area contributed by atoms with Crippen LogP contribution in [-0.2, 0) is 18.8 Å². The summed E-state index contributed by atoms with van der Waals surface area (Å²) in [4.78, 5) is 25.5. The first kappa shape index (κ1) is 21.9. The summed E-state index contributed by atoms with van der Waals surface area (Å²) >= 11 is 6.07. The molecule has 2 aliphatic rings. The van der Waals surface area contributed by atoms with Crippen molar-refractivity contribution in [3.8, 4) is 0 Å². The minimum atomic E-state index is -2.24. The quantitative estimate of drug-likeness (QED) is 0.508. The molecule has 3 rings (SSSR count). The highest BCUT2D eigenvalue weighted by Gasteiger charge is 2.48. The molecule has 1 aromatic carbocycles. The van der Waals surface area contributed by atoms with E-state index in [1.54, 1.807) is 0 Å². The highest BCUT2D eigenvalue weighted by atomic mass is 35.5. The number of fused-ring (bicyclic) bond motifs is 1. The molecule has 1 fully saturated rings. The molecular weight excluding hydrogens is 408 g/mol. The number of halogens is 1. The van der Waals surface area contributed by atoms with Crippen LogP contribution in [0.1, 0.15) is 45.2 Å². The maximum atomic E-state index is 12.8. The van der Waals surface area contributed by atoms with E-state index in [4.69, 9.17) is 20.8 Å². The van der Waals surface area contributed by atoms with Crippen LogP contribution in [0.3, 0.4) is 0 Å². The lowest BCUT2D eigenvalue weighted by atomic mass is 9.99. The van der Waals surface area contributed by atoms with Crippen molar-refractivity contribution in [1.29, 1.82) is 0 Å². The van der Waals surface area contributed by atoms with Crippen molar-refractivity contribution in [2.75, 3.05) is 13.7 Å². The Bertz CT molecular complexity index is 845. The highest BCUT2D eigenvalue weighted by Crippen LogP contribution is 2.45. The average Bonchev–Trinajstić information content (AvgIpc) is 3.02. The number of benzene rings is 1. The van der Waals surface area contributed by atoms with Gasteiger partial charge in [0.05, 0.1) is 13.2 Å². The number of carbonyl (C=O) groups is 2. The Morgan fingerprint density at radius 2 is 1.83 bits per heavy atom. The number of hydrazine groups is 1. The first-order valence-electron chi connectivity index (χ1n) is 9.81. The lowest BCUT2D eigenvalue weighted by Gasteiger charge is -2.44. The topological polar surface area (TPSA) is 59.1 Å². The van der Waals surface area contributed by atoms with Crippen LogP contribution in [0.5, 0.6) is 0 Å². The Balaban J connectivity index is 2.11. The number of amides is 1. The maximum absolute atomic E-state index is 12.8. The highest BCUT2D eigenvalue weighted by molar-refractivity contribution is 6.74. The van der Waals surface area contributed by atoms with Crippen LogP contribution < -0.4 is 0 Å². The van der Waals surface area contributed by atoms with Crippen molar-refractivity contribution in [3.63, 3.8) is 0 Å². The predicted octanol–water partition coefficient (Wildman–Crippen LogP) is 4.64. The van der Waals surface area contributed by atoms with Crippen LogP contribution in [0.15, 0.2) is 35.7 Å². The lowest BCUT2D eigenvalue weighted by Crippen LogP contribution is -2.49. The molecule has 8 heteroatoms. The van der Waals surface area contributed by atoms with Gasteiger partial charge in [-0.2, -0.15) is 0 Å². The van der Waals surface area contributed by atoms with Gasteiger partial charge >= 0.3 is 5.97 Å². The fraction of sp³-hybridized carbons (Fsp3) is 0.524. The van der Waals surface area contributed by atoms with E-state index >= 15 is 0 Å². The predicted molar refractivity (Wildman–Crippen MR) is 114 cm³/mol. The molecule has 0 bridgehead atoms. The molecule has 0 spiro atoms. The van der Waals surface area contributed by atoms with Gasteiger partial charge in [-0.15, -0.1) is 0 Å². The van der Waals surface area contributed by atoms with Gasteiger partial charge in [-0.3, -0.25) is 4.79 Å². The zero-order valence-electron chi connectivity index (χ0n) is 17.9. The van der Waals surface area contributed by atoms with Gasteiger partial charge in [0.15, 0.2) is 5.70 Å². The minimum absolute atomic E-state index is 0.0524. The molecule has 158 valence electrons.